The molecule has 0 radical (unpaired) electrons. The van der Waals surface area contributed by atoms with E-state index in [1.807, 2.05) is 0 Å². The maximum atomic E-state index is 12.0. The summed E-state index contributed by atoms with van der Waals surface area (Å²) in [5.74, 6) is 0. The number of hydrogen-bond donors (Lipinski definition) is 2. The Bertz CT molecular complexity index is 912. The van der Waals surface area contributed by atoms with Crippen molar-refractivity contribution in [3.05, 3.63) is 57.6 Å². The molecule has 116 valence electrons. The van der Waals surface area contributed by atoms with E-state index in [1.165, 1.54) is 12.1 Å². The number of para-hydroxylation sites is 1. The number of carbonyl (C=O) groups is 1. The van der Waals surface area contributed by atoms with Crippen molar-refractivity contribution in [3.63, 3.8) is 0 Å². The summed E-state index contributed by atoms with van der Waals surface area (Å²) in [4.78, 5) is 26.5. The van der Waals surface area contributed by atoms with Gasteiger partial charge in [-0.3, -0.25) is 15.4 Å². The van der Waals surface area contributed by atoms with Gasteiger partial charge in [-0.2, -0.15) is 0 Å². The Morgan fingerprint density at radius 3 is 2.74 bits per heavy atom. The summed E-state index contributed by atoms with van der Waals surface area (Å²) in [7, 11) is 0. The van der Waals surface area contributed by atoms with E-state index in [0.717, 1.165) is 11.3 Å². The van der Waals surface area contributed by atoms with Gasteiger partial charge in [0, 0.05) is 12.1 Å². The molecule has 0 aliphatic heterocycles. The highest BCUT2D eigenvalue weighted by Crippen LogP contribution is 2.29. The van der Waals surface area contributed by atoms with Crippen molar-refractivity contribution in [2.45, 2.75) is 0 Å². The van der Waals surface area contributed by atoms with Gasteiger partial charge in [-0.1, -0.05) is 35.1 Å². The minimum atomic E-state index is -0.494. The second kappa shape index (κ2) is 6.19. The van der Waals surface area contributed by atoms with Gasteiger partial charge in [0.15, 0.2) is 5.13 Å². The van der Waals surface area contributed by atoms with Gasteiger partial charge in [0.2, 0.25) is 0 Å². The van der Waals surface area contributed by atoms with Crippen molar-refractivity contribution >= 4 is 55.7 Å². The van der Waals surface area contributed by atoms with E-state index in [-0.39, 0.29) is 5.69 Å². The molecule has 0 aliphatic carbocycles. The molecule has 23 heavy (non-hydrogen) atoms. The molecule has 0 atom stereocenters. The van der Waals surface area contributed by atoms with Crippen LogP contribution in [0.1, 0.15) is 0 Å². The molecule has 7 nitrogen and oxygen atoms in total. The third-order valence-corrected chi connectivity index (χ3v) is 4.19. The van der Waals surface area contributed by atoms with Gasteiger partial charge in [0.05, 0.1) is 25.8 Å². The molecule has 2 aromatic carbocycles. The topological polar surface area (TPSA) is 97.2 Å². The molecule has 2 N–H and O–H groups in total. The molecule has 0 fully saturated rings. The molecule has 9 heteroatoms. The van der Waals surface area contributed by atoms with E-state index in [0.29, 0.717) is 26.1 Å². The van der Waals surface area contributed by atoms with E-state index in [9.17, 15) is 14.9 Å². The number of hydrogen-bond acceptors (Lipinski definition) is 5. The van der Waals surface area contributed by atoms with Gasteiger partial charge in [0.1, 0.15) is 0 Å². The van der Waals surface area contributed by atoms with Crippen LogP contribution in [-0.2, 0) is 0 Å². The second-order valence-electron chi connectivity index (χ2n) is 4.49. The van der Waals surface area contributed by atoms with Crippen LogP contribution in [0.25, 0.3) is 10.2 Å². The van der Waals surface area contributed by atoms with Gasteiger partial charge in [-0.15, -0.1) is 0 Å². The molecular formula is C14H9ClN4O3S. The van der Waals surface area contributed by atoms with Gasteiger partial charge in [-0.25, -0.2) is 9.78 Å². The number of fused-ring (bicyclic) bond motifs is 1. The number of nitrogens with one attached hydrogen (secondary N) is 2. The molecule has 0 unspecified atom stereocenters. The number of anilines is 2. The summed E-state index contributed by atoms with van der Waals surface area (Å²) in [6.07, 6.45) is 0. The second-order valence-corrected chi connectivity index (χ2v) is 5.92. The number of aromatic nitrogens is 1. The fourth-order valence-corrected chi connectivity index (χ4v) is 2.97. The van der Waals surface area contributed by atoms with Crippen molar-refractivity contribution in [1.29, 1.82) is 0 Å². The highest BCUT2D eigenvalue weighted by molar-refractivity contribution is 7.22. The fraction of sp³-hybridized carbons (Fsp3) is 0. The zero-order valence-corrected chi connectivity index (χ0v) is 13.0. The first-order chi connectivity index (χ1) is 11.0. The average Bonchev–Trinajstić information content (AvgIpc) is 2.90. The van der Waals surface area contributed by atoms with Crippen LogP contribution < -0.4 is 10.6 Å². The Kier molecular flexibility index (Phi) is 4.09. The number of thiazole rings is 1. The highest BCUT2D eigenvalue weighted by Gasteiger charge is 2.12. The van der Waals surface area contributed by atoms with Gasteiger partial charge >= 0.3 is 6.03 Å². The quantitative estimate of drug-likeness (QED) is 0.537. The van der Waals surface area contributed by atoms with Crippen LogP contribution in [0.4, 0.5) is 21.3 Å². The maximum Gasteiger partial charge on any atom is 0.325 e. The van der Waals surface area contributed by atoms with Crippen LogP contribution in [0.15, 0.2) is 42.5 Å². The number of non-ortho nitro benzene ring substituents is 1. The van der Waals surface area contributed by atoms with Gasteiger partial charge in [-0.05, 0) is 18.2 Å². The summed E-state index contributed by atoms with van der Waals surface area (Å²) in [6.45, 7) is 0. The molecular weight excluding hydrogens is 340 g/mol. The Morgan fingerprint density at radius 2 is 2.00 bits per heavy atom. The average molecular weight is 349 g/mol. The summed E-state index contributed by atoms with van der Waals surface area (Å²) < 4.78 is 0.618. The normalized spacial score (nSPS) is 10.5. The highest BCUT2D eigenvalue weighted by atomic mass is 35.5. The predicted octanol–water partition coefficient (Wildman–Crippen LogP) is 4.50. The lowest BCUT2D eigenvalue weighted by Crippen LogP contribution is -2.19. The molecule has 3 rings (SSSR count). The lowest BCUT2D eigenvalue weighted by Gasteiger charge is -2.06. The Labute approximate surface area is 139 Å². The third kappa shape index (κ3) is 3.38. The van der Waals surface area contributed by atoms with Crippen molar-refractivity contribution in [1.82, 2.24) is 4.98 Å². The number of nitrogens with zero attached hydrogens (tertiary/aromatic N) is 2. The smallest absolute Gasteiger partial charge is 0.306 e. The van der Waals surface area contributed by atoms with Crippen LogP contribution in [0, 0.1) is 10.1 Å². The molecule has 2 amide bonds. The Hall–Kier alpha value is -2.71. The molecule has 0 aliphatic rings. The van der Waals surface area contributed by atoms with E-state index in [4.69, 9.17) is 11.6 Å². The van der Waals surface area contributed by atoms with Crippen molar-refractivity contribution in [2.24, 2.45) is 0 Å². The number of urea groups is 1. The SMILES string of the molecule is O=C(Nc1nc2ccc([N+](=O)[O-])cc2s1)Nc1ccccc1Cl. The van der Waals surface area contributed by atoms with Crippen molar-refractivity contribution < 1.29 is 9.72 Å². The molecule has 0 spiro atoms. The largest absolute Gasteiger partial charge is 0.325 e. The summed E-state index contributed by atoms with van der Waals surface area (Å²) in [5.41, 5.74) is 1.03. The summed E-state index contributed by atoms with van der Waals surface area (Å²) >= 11 is 7.11. The van der Waals surface area contributed by atoms with E-state index < -0.39 is 11.0 Å². The summed E-state index contributed by atoms with van der Waals surface area (Å²) in [6, 6.07) is 10.7. The zero-order chi connectivity index (χ0) is 16.4. The molecule has 0 saturated heterocycles. The van der Waals surface area contributed by atoms with E-state index >= 15 is 0 Å². The predicted molar refractivity (Wildman–Crippen MR) is 90.4 cm³/mol. The molecule has 3 aromatic rings. The number of amides is 2. The van der Waals surface area contributed by atoms with Crippen LogP contribution in [0.3, 0.4) is 0 Å². The van der Waals surface area contributed by atoms with Crippen molar-refractivity contribution in [2.75, 3.05) is 10.6 Å². The number of nitro groups is 1. The number of nitro benzene ring substituents is 1. The Balaban J connectivity index is 1.77. The standard InChI is InChI=1S/C14H9ClN4O3S/c15-9-3-1-2-4-10(9)16-13(20)18-14-17-11-6-5-8(19(21)22)7-12(11)23-14/h1-7H,(H2,16,17,18,20). The molecule has 1 aromatic heterocycles. The first-order valence-corrected chi connectivity index (χ1v) is 7.60. The first kappa shape index (κ1) is 15.2. The lowest BCUT2D eigenvalue weighted by molar-refractivity contribution is -0.384. The van der Waals surface area contributed by atoms with Crippen LogP contribution >= 0.6 is 22.9 Å². The molecule has 1 heterocycles. The monoisotopic (exact) mass is 348 g/mol. The van der Waals surface area contributed by atoms with Gasteiger partial charge < -0.3 is 5.32 Å². The minimum Gasteiger partial charge on any atom is -0.306 e. The number of carbonyl (C=O) groups excluding carboxylic acids is 1. The fourth-order valence-electron chi connectivity index (χ4n) is 1.89. The maximum absolute atomic E-state index is 12.0. The first-order valence-electron chi connectivity index (χ1n) is 6.40. The number of halogens is 1. The number of benzene rings is 2. The molecule has 0 saturated carbocycles. The minimum absolute atomic E-state index is 0.0202. The lowest BCUT2D eigenvalue weighted by atomic mass is 10.3. The third-order valence-electron chi connectivity index (χ3n) is 2.93. The Morgan fingerprint density at radius 1 is 1.22 bits per heavy atom. The summed E-state index contributed by atoms with van der Waals surface area (Å²) in [5, 5.41) is 16.7. The zero-order valence-electron chi connectivity index (χ0n) is 11.4. The van der Waals surface area contributed by atoms with Crippen molar-refractivity contribution in [3.8, 4) is 0 Å². The van der Waals surface area contributed by atoms with E-state index in [1.54, 1.807) is 30.3 Å². The number of rotatable bonds is 3. The van der Waals surface area contributed by atoms with Crippen LogP contribution in [0.2, 0.25) is 5.02 Å². The van der Waals surface area contributed by atoms with Crippen LogP contribution in [0.5, 0.6) is 0 Å². The van der Waals surface area contributed by atoms with Crippen LogP contribution in [-0.4, -0.2) is 15.9 Å². The van der Waals surface area contributed by atoms with E-state index in [2.05, 4.69) is 15.6 Å². The van der Waals surface area contributed by atoms with Gasteiger partial charge in [0.25, 0.3) is 5.69 Å². The molecule has 0 bridgehead atoms.